The number of nitrogens with zero attached hydrogens (tertiary/aromatic N) is 1. The smallest absolute Gasteiger partial charge is 0.329 e. The zero-order valence-electron chi connectivity index (χ0n) is 14.9. The number of amides is 2. The zero-order valence-corrected chi connectivity index (χ0v) is 14.9. The summed E-state index contributed by atoms with van der Waals surface area (Å²) in [5.74, 6) is -2.41. The summed E-state index contributed by atoms with van der Waals surface area (Å²) in [5.41, 5.74) is 1.03. The molecular weight excluding hydrogens is 362 g/mol. The molecule has 1 aliphatic heterocycles. The molecule has 2 amide bonds. The van der Waals surface area contributed by atoms with Gasteiger partial charge in [-0.3, -0.25) is 19.3 Å². The number of fused-ring (bicyclic) bond motifs is 2. The van der Waals surface area contributed by atoms with Gasteiger partial charge in [0, 0.05) is 5.39 Å². The summed E-state index contributed by atoms with van der Waals surface area (Å²) in [6, 6.07) is 13.9. The van der Waals surface area contributed by atoms with E-state index >= 15 is 0 Å². The van der Waals surface area contributed by atoms with Crippen LogP contribution in [0, 0.1) is 0 Å². The minimum atomic E-state index is -1.16. The first-order valence-corrected chi connectivity index (χ1v) is 8.62. The lowest BCUT2D eigenvalue weighted by Crippen LogP contribution is -2.44. The average molecular weight is 377 g/mol. The maximum atomic E-state index is 12.4. The van der Waals surface area contributed by atoms with Crippen molar-refractivity contribution in [1.29, 1.82) is 0 Å². The van der Waals surface area contributed by atoms with Crippen LogP contribution in [0.2, 0.25) is 0 Å². The van der Waals surface area contributed by atoms with E-state index in [0.717, 1.165) is 10.3 Å². The van der Waals surface area contributed by atoms with Gasteiger partial charge in [0.25, 0.3) is 11.8 Å². The number of carbonyl (C=O) groups is 4. The molecule has 7 heteroatoms. The van der Waals surface area contributed by atoms with Gasteiger partial charge in [0.05, 0.1) is 11.1 Å². The van der Waals surface area contributed by atoms with Gasteiger partial charge in [0.15, 0.2) is 12.4 Å². The van der Waals surface area contributed by atoms with Crippen molar-refractivity contribution in [1.82, 2.24) is 4.90 Å². The molecule has 2 heterocycles. The van der Waals surface area contributed by atoms with E-state index in [1.807, 2.05) is 6.07 Å². The van der Waals surface area contributed by atoms with E-state index in [2.05, 4.69) is 0 Å². The number of hydrogen-bond acceptors (Lipinski definition) is 6. The van der Waals surface area contributed by atoms with Crippen molar-refractivity contribution in [3.05, 3.63) is 71.5 Å². The van der Waals surface area contributed by atoms with Gasteiger partial charge in [0.2, 0.25) is 5.78 Å². The topological polar surface area (TPSA) is 93.9 Å². The van der Waals surface area contributed by atoms with Crippen LogP contribution in [0.3, 0.4) is 0 Å². The van der Waals surface area contributed by atoms with Crippen molar-refractivity contribution in [3.63, 3.8) is 0 Å². The molecule has 28 heavy (non-hydrogen) atoms. The molecule has 0 saturated carbocycles. The predicted octanol–water partition coefficient (Wildman–Crippen LogP) is 2.84. The van der Waals surface area contributed by atoms with Crippen molar-refractivity contribution in [3.8, 4) is 0 Å². The minimum absolute atomic E-state index is 0.0717. The van der Waals surface area contributed by atoms with Gasteiger partial charge < -0.3 is 9.15 Å². The first-order valence-electron chi connectivity index (χ1n) is 8.62. The minimum Gasteiger partial charge on any atom is -0.456 e. The molecule has 1 aliphatic rings. The standard InChI is InChI=1S/C21H15NO6/c1-12(22-19(24)14-7-3-4-8-15(14)20(22)25)21(26)27-11-16(23)18-10-13-6-2-5-9-17(13)28-18/h2-10,12H,11H2,1H3/t12-/m0/s1. The van der Waals surface area contributed by atoms with Gasteiger partial charge in [-0.05, 0) is 31.2 Å². The molecule has 0 saturated heterocycles. The molecule has 1 aromatic heterocycles. The van der Waals surface area contributed by atoms with E-state index in [-0.39, 0.29) is 16.9 Å². The molecule has 0 unspecified atom stereocenters. The second kappa shape index (κ2) is 6.77. The highest BCUT2D eigenvalue weighted by atomic mass is 16.5. The van der Waals surface area contributed by atoms with E-state index in [9.17, 15) is 19.2 Å². The van der Waals surface area contributed by atoms with Crippen LogP contribution in [0.25, 0.3) is 11.0 Å². The fourth-order valence-corrected chi connectivity index (χ4v) is 3.11. The predicted molar refractivity (Wildman–Crippen MR) is 97.9 cm³/mol. The van der Waals surface area contributed by atoms with E-state index in [1.165, 1.54) is 19.1 Å². The Labute approximate surface area is 159 Å². The molecule has 0 bridgehead atoms. The normalized spacial score (nSPS) is 14.2. The third-order valence-corrected chi connectivity index (χ3v) is 4.60. The van der Waals surface area contributed by atoms with Crippen molar-refractivity contribution < 1.29 is 28.3 Å². The Kier molecular flexibility index (Phi) is 4.27. The van der Waals surface area contributed by atoms with Crippen LogP contribution >= 0.6 is 0 Å². The third-order valence-electron chi connectivity index (χ3n) is 4.60. The number of ether oxygens (including phenoxy) is 1. The number of rotatable bonds is 5. The number of para-hydroxylation sites is 1. The maximum absolute atomic E-state index is 12.4. The lowest BCUT2D eigenvalue weighted by molar-refractivity contribution is -0.146. The summed E-state index contributed by atoms with van der Waals surface area (Å²) in [7, 11) is 0. The molecule has 1 atom stereocenters. The monoisotopic (exact) mass is 377 g/mol. The summed E-state index contributed by atoms with van der Waals surface area (Å²) >= 11 is 0. The van der Waals surface area contributed by atoms with Crippen molar-refractivity contribution in [2.24, 2.45) is 0 Å². The van der Waals surface area contributed by atoms with E-state index < -0.39 is 36.2 Å². The SMILES string of the molecule is C[C@@H](C(=O)OCC(=O)c1cc2ccccc2o1)N1C(=O)c2ccccc2C1=O. The van der Waals surface area contributed by atoms with Crippen LogP contribution in [0.5, 0.6) is 0 Å². The van der Waals surface area contributed by atoms with Crippen LogP contribution in [-0.2, 0) is 9.53 Å². The van der Waals surface area contributed by atoms with Crippen molar-refractivity contribution >= 4 is 34.5 Å². The fourth-order valence-electron chi connectivity index (χ4n) is 3.11. The Balaban J connectivity index is 1.43. The number of imide groups is 1. The molecule has 2 aromatic carbocycles. The van der Waals surface area contributed by atoms with Crippen LogP contribution in [0.15, 0.2) is 59.0 Å². The number of carbonyl (C=O) groups excluding carboxylic acids is 4. The van der Waals surface area contributed by atoms with Crippen LogP contribution in [0.4, 0.5) is 0 Å². The molecule has 4 rings (SSSR count). The molecule has 140 valence electrons. The highest BCUT2D eigenvalue weighted by Gasteiger charge is 2.41. The molecule has 0 spiro atoms. The van der Waals surface area contributed by atoms with Crippen molar-refractivity contribution in [2.45, 2.75) is 13.0 Å². The van der Waals surface area contributed by atoms with E-state index in [0.29, 0.717) is 5.58 Å². The highest BCUT2D eigenvalue weighted by molar-refractivity contribution is 6.22. The summed E-state index contributed by atoms with van der Waals surface area (Å²) in [6.45, 7) is 0.835. The second-order valence-electron chi connectivity index (χ2n) is 6.38. The molecule has 0 fully saturated rings. The highest BCUT2D eigenvalue weighted by Crippen LogP contribution is 2.25. The Morgan fingerprint density at radius 3 is 2.25 bits per heavy atom. The van der Waals surface area contributed by atoms with Gasteiger partial charge in [0.1, 0.15) is 11.6 Å². The summed E-state index contributed by atoms with van der Waals surface area (Å²) in [4.78, 5) is 50.3. The Hall–Kier alpha value is -3.74. The Bertz CT molecular complexity index is 1060. The lowest BCUT2D eigenvalue weighted by Gasteiger charge is -2.20. The van der Waals surface area contributed by atoms with Gasteiger partial charge in [-0.1, -0.05) is 30.3 Å². The average Bonchev–Trinajstić information content (AvgIpc) is 3.25. The Morgan fingerprint density at radius 2 is 1.61 bits per heavy atom. The molecule has 0 aliphatic carbocycles. The molecule has 0 N–H and O–H groups in total. The number of Topliss-reactive ketones (excluding diaryl/α,β-unsaturated/α-hetero) is 1. The number of ketones is 1. The second-order valence-corrected chi connectivity index (χ2v) is 6.38. The largest absolute Gasteiger partial charge is 0.456 e. The van der Waals surface area contributed by atoms with Crippen LogP contribution in [0.1, 0.15) is 38.2 Å². The number of hydrogen-bond donors (Lipinski definition) is 0. The van der Waals surface area contributed by atoms with E-state index in [4.69, 9.17) is 9.15 Å². The van der Waals surface area contributed by atoms with Crippen LogP contribution < -0.4 is 0 Å². The molecule has 3 aromatic rings. The van der Waals surface area contributed by atoms with Gasteiger partial charge in [-0.25, -0.2) is 4.79 Å². The molecule has 7 nitrogen and oxygen atoms in total. The number of esters is 1. The summed E-state index contributed by atoms with van der Waals surface area (Å²) in [5, 5.41) is 0.761. The van der Waals surface area contributed by atoms with E-state index in [1.54, 1.807) is 36.4 Å². The van der Waals surface area contributed by atoms with Crippen LogP contribution in [-0.4, -0.2) is 41.1 Å². The summed E-state index contributed by atoms with van der Waals surface area (Å²) < 4.78 is 10.5. The molecular formula is C21H15NO6. The quantitative estimate of drug-likeness (QED) is 0.386. The van der Waals surface area contributed by atoms with Gasteiger partial charge in [-0.2, -0.15) is 0 Å². The fraction of sp³-hybridized carbons (Fsp3) is 0.143. The maximum Gasteiger partial charge on any atom is 0.329 e. The Morgan fingerprint density at radius 1 is 1.00 bits per heavy atom. The van der Waals surface area contributed by atoms with Crippen molar-refractivity contribution in [2.75, 3.05) is 6.61 Å². The van der Waals surface area contributed by atoms with Gasteiger partial charge in [-0.15, -0.1) is 0 Å². The third kappa shape index (κ3) is 2.87. The molecule has 0 radical (unpaired) electrons. The summed E-state index contributed by atoms with van der Waals surface area (Å²) in [6.07, 6.45) is 0. The van der Waals surface area contributed by atoms with Gasteiger partial charge >= 0.3 is 5.97 Å². The number of benzene rings is 2. The zero-order chi connectivity index (χ0) is 19.8. The number of furan rings is 1. The first-order chi connectivity index (χ1) is 13.5. The lowest BCUT2D eigenvalue weighted by atomic mass is 10.1. The first kappa shape index (κ1) is 17.7.